The van der Waals surface area contributed by atoms with Crippen LogP contribution >= 0.6 is 32.4 Å². The van der Waals surface area contributed by atoms with Crippen LogP contribution in [0.4, 0.5) is 0 Å². The Hall–Kier alpha value is 0.400. The van der Waals surface area contributed by atoms with E-state index >= 15 is 0 Å². The van der Waals surface area contributed by atoms with Crippen LogP contribution in [0.3, 0.4) is 0 Å². The van der Waals surface area contributed by atoms with Gasteiger partial charge in [-0.05, 0) is 6.26 Å². The summed E-state index contributed by atoms with van der Waals surface area (Å²) >= 11 is 1.80. The van der Waals surface area contributed by atoms with Crippen LogP contribution in [-0.4, -0.2) is 6.26 Å². The normalized spacial score (nSPS) is 9.29. The van der Waals surface area contributed by atoms with Crippen molar-refractivity contribution in [1.82, 2.24) is 0 Å². The zero-order chi connectivity index (χ0) is 5.11. The van der Waals surface area contributed by atoms with Gasteiger partial charge in [0.2, 0.25) is 5.38 Å². The molecule has 0 spiro atoms. The van der Waals surface area contributed by atoms with Crippen LogP contribution in [0.15, 0.2) is 15.7 Å². The molecule has 7 heavy (non-hydrogen) atoms. The van der Waals surface area contributed by atoms with E-state index in [2.05, 4.69) is 17.0 Å². The number of hydrogen-bond acceptors (Lipinski definition) is 2. The third-order valence-corrected chi connectivity index (χ3v) is 3.35. The first-order valence-corrected chi connectivity index (χ1v) is 5.33. The lowest BCUT2D eigenvalue weighted by atomic mass is 10.8. The van der Waals surface area contributed by atoms with Gasteiger partial charge in [-0.25, -0.2) is 0 Å². The molecule has 0 bridgehead atoms. The van der Waals surface area contributed by atoms with Crippen molar-refractivity contribution >= 4 is 32.4 Å². The summed E-state index contributed by atoms with van der Waals surface area (Å²) in [5.74, 6) is 0. The molecular weight excluding hydrogens is 144 g/mol. The van der Waals surface area contributed by atoms with Crippen LogP contribution in [0.5, 0.6) is 0 Å². The van der Waals surface area contributed by atoms with E-state index < -0.39 is 0 Å². The van der Waals surface area contributed by atoms with Gasteiger partial charge >= 0.3 is 0 Å². The zero-order valence-corrected chi connectivity index (χ0v) is 6.33. The molecule has 0 saturated carbocycles. The van der Waals surface area contributed by atoms with Gasteiger partial charge in [0, 0.05) is 0 Å². The quantitative estimate of drug-likeness (QED) is 0.336. The molecule has 0 aliphatic carbocycles. The zero-order valence-electron chi connectivity index (χ0n) is 3.88. The highest BCUT2D eigenvalue weighted by Crippen LogP contribution is 2.21. The summed E-state index contributed by atoms with van der Waals surface area (Å²) in [6.45, 7) is 0. The summed E-state index contributed by atoms with van der Waals surface area (Å²) in [4.78, 5) is 1.38. The second kappa shape index (κ2) is 2.64. The minimum atomic E-state index is 1.38. The van der Waals surface area contributed by atoms with Gasteiger partial charge in [-0.2, -0.15) is 0 Å². The first-order valence-electron chi connectivity index (χ1n) is 1.83. The Bertz CT molecular complexity index is 121. The van der Waals surface area contributed by atoms with Gasteiger partial charge in [0.1, 0.15) is 0 Å². The minimum Gasteiger partial charge on any atom is -0.123 e. The maximum Gasteiger partial charge on any atom is 0.292 e. The van der Waals surface area contributed by atoms with E-state index in [9.17, 15) is 0 Å². The molecule has 1 heterocycles. The average molecular weight is 149 g/mol. The van der Waals surface area contributed by atoms with Crippen molar-refractivity contribution in [3.05, 3.63) is 10.8 Å². The van der Waals surface area contributed by atoms with E-state index in [4.69, 9.17) is 0 Å². The van der Waals surface area contributed by atoms with E-state index in [1.54, 1.807) is 32.4 Å². The summed E-state index contributed by atoms with van der Waals surface area (Å²) in [5.41, 5.74) is 0. The summed E-state index contributed by atoms with van der Waals surface area (Å²) in [7, 11) is 3.57. The molecule has 0 amide bonds. The van der Waals surface area contributed by atoms with E-state index in [-0.39, 0.29) is 0 Å². The molecule has 1 rings (SSSR count). The topological polar surface area (TPSA) is 0 Å². The molecular formula is C4H5S3+. The predicted molar refractivity (Wildman–Crippen MR) is 38.4 cm³/mol. The lowest BCUT2D eigenvalue weighted by Crippen LogP contribution is -1.49. The molecule has 0 aliphatic rings. The van der Waals surface area contributed by atoms with Crippen LogP contribution in [0.25, 0.3) is 0 Å². The molecule has 0 radical (unpaired) electrons. The minimum absolute atomic E-state index is 1.38. The molecule has 1 aromatic heterocycles. The SMILES string of the molecule is CSc1cs[s+]c1. The molecule has 0 nitrogen and oxygen atoms in total. The first-order chi connectivity index (χ1) is 3.43. The van der Waals surface area contributed by atoms with E-state index in [0.717, 1.165) is 0 Å². The number of rotatable bonds is 1. The Kier molecular flexibility index (Phi) is 2.09. The molecule has 0 N–H and O–H groups in total. The monoisotopic (exact) mass is 149 g/mol. The second-order valence-corrected chi connectivity index (χ2v) is 3.93. The van der Waals surface area contributed by atoms with Gasteiger partial charge in [-0.1, -0.05) is 0 Å². The predicted octanol–water partition coefficient (Wildman–Crippen LogP) is 2.81. The summed E-state index contributed by atoms with van der Waals surface area (Å²) in [6.07, 6.45) is 2.09. The maximum atomic E-state index is 2.16. The van der Waals surface area contributed by atoms with Crippen LogP contribution in [0.2, 0.25) is 0 Å². The third kappa shape index (κ3) is 1.40. The van der Waals surface area contributed by atoms with Gasteiger partial charge in [0.25, 0.3) is 10.3 Å². The number of thioether (sulfide) groups is 1. The Morgan fingerprint density at radius 3 is 3.00 bits per heavy atom. The molecule has 3 heteroatoms. The maximum absolute atomic E-state index is 2.16. The molecule has 0 atom stereocenters. The van der Waals surface area contributed by atoms with Crippen LogP contribution < -0.4 is 0 Å². The first kappa shape index (κ1) is 5.54. The summed E-state index contributed by atoms with van der Waals surface area (Å²) in [6, 6.07) is 0. The molecule has 0 saturated heterocycles. The summed E-state index contributed by atoms with van der Waals surface area (Å²) < 4.78 is 0. The highest BCUT2D eigenvalue weighted by atomic mass is 32.9. The van der Waals surface area contributed by atoms with E-state index in [1.165, 1.54) is 4.90 Å². The van der Waals surface area contributed by atoms with Crippen molar-refractivity contribution in [2.45, 2.75) is 4.90 Å². The fourth-order valence-corrected chi connectivity index (χ4v) is 3.18. The van der Waals surface area contributed by atoms with Crippen LogP contribution in [-0.2, 0) is 0 Å². The molecule has 0 aromatic carbocycles. The smallest absolute Gasteiger partial charge is 0.123 e. The van der Waals surface area contributed by atoms with E-state index in [0.29, 0.717) is 0 Å². The lowest BCUT2D eigenvalue weighted by Gasteiger charge is -1.72. The third-order valence-electron chi connectivity index (χ3n) is 0.620. The fraction of sp³-hybridized carbons (Fsp3) is 0.250. The molecule has 0 unspecified atom stereocenters. The van der Waals surface area contributed by atoms with Crippen molar-refractivity contribution < 1.29 is 0 Å². The Morgan fingerprint density at radius 2 is 2.71 bits per heavy atom. The van der Waals surface area contributed by atoms with Gasteiger partial charge in [0.05, 0.1) is 10.3 Å². The van der Waals surface area contributed by atoms with Crippen molar-refractivity contribution in [3.63, 3.8) is 0 Å². The van der Waals surface area contributed by atoms with Crippen molar-refractivity contribution in [2.24, 2.45) is 0 Å². The standard InChI is InChI=1S/C4H5S3/c1-5-4-2-6-7-3-4/h2-3H,1H3/q+1. The van der Waals surface area contributed by atoms with Gasteiger partial charge in [-0.3, -0.25) is 0 Å². The Labute approximate surface area is 54.6 Å². The van der Waals surface area contributed by atoms with E-state index in [1.807, 2.05) is 0 Å². The van der Waals surface area contributed by atoms with Gasteiger partial charge in [-0.15, -0.1) is 11.8 Å². The number of hydrogen-bond donors (Lipinski definition) is 0. The molecule has 0 aliphatic heterocycles. The second-order valence-electron chi connectivity index (χ2n) is 1.03. The fourth-order valence-electron chi connectivity index (χ4n) is 0.274. The highest BCUT2D eigenvalue weighted by Gasteiger charge is 1.96. The molecule has 0 fully saturated rings. The van der Waals surface area contributed by atoms with Crippen molar-refractivity contribution in [1.29, 1.82) is 0 Å². The lowest BCUT2D eigenvalue weighted by molar-refractivity contribution is 1.64. The van der Waals surface area contributed by atoms with Crippen molar-refractivity contribution in [2.75, 3.05) is 6.26 Å². The van der Waals surface area contributed by atoms with Crippen LogP contribution in [0, 0.1) is 0 Å². The Balaban J connectivity index is 2.76. The van der Waals surface area contributed by atoms with Gasteiger partial charge < -0.3 is 0 Å². The van der Waals surface area contributed by atoms with Crippen molar-refractivity contribution in [3.8, 4) is 0 Å². The van der Waals surface area contributed by atoms with Crippen LogP contribution in [0.1, 0.15) is 0 Å². The molecule has 1 aromatic rings. The van der Waals surface area contributed by atoms with Gasteiger partial charge in [0.15, 0.2) is 10.3 Å². The largest absolute Gasteiger partial charge is 0.292 e. The summed E-state index contributed by atoms with van der Waals surface area (Å²) in [5, 5.41) is 4.32. The molecule has 38 valence electrons. The average Bonchev–Trinajstić information content (AvgIpc) is 2.14. The Morgan fingerprint density at radius 1 is 1.86 bits per heavy atom. The highest BCUT2D eigenvalue weighted by molar-refractivity contribution is 7.99.